The Morgan fingerprint density at radius 1 is 1.39 bits per heavy atom. The number of piperidine rings is 1. The number of hydrogen-bond donors (Lipinski definition) is 1. The van der Waals surface area contributed by atoms with E-state index >= 15 is 0 Å². The van der Waals surface area contributed by atoms with Crippen LogP contribution in [-0.2, 0) is 0 Å². The molecule has 1 fully saturated rings. The normalized spacial score (nSPS) is 19.9. The van der Waals surface area contributed by atoms with Crippen molar-refractivity contribution in [1.29, 1.82) is 0 Å². The van der Waals surface area contributed by atoms with Gasteiger partial charge in [-0.05, 0) is 44.7 Å². The Labute approximate surface area is 109 Å². The van der Waals surface area contributed by atoms with E-state index in [0.29, 0.717) is 24.2 Å². The minimum atomic E-state index is 0.565. The standard InChI is InChI=1S/C14H23N3O/c1-3-11-7-5-6-10-17(11)13-9-8-12(15)14(16-13)18-4-2/h8-9,11H,3-7,10,15H2,1-2H3. The molecule has 1 aromatic rings. The Hall–Kier alpha value is -1.45. The van der Waals surface area contributed by atoms with Crippen molar-refractivity contribution in [3.8, 4) is 5.88 Å². The molecular formula is C14H23N3O. The summed E-state index contributed by atoms with van der Waals surface area (Å²) in [5.74, 6) is 1.56. The number of nitrogens with two attached hydrogens (primary N) is 1. The quantitative estimate of drug-likeness (QED) is 0.891. The van der Waals surface area contributed by atoms with Crippen LogP contribution in [0.1, 0.15) is 39.5 Å². The van der Waals surface area contributed by atoms with Crippen molar-refractivity contribution in [1.82, 2.24) is 4.98 Å². The summed E-state index contributed by atoms with van der Waals surface area (Å²) in [5, 5.41) is 0. The predicted molar refractivity (Wildman–Crippen MR) is 75.1 cm³/mol. The van der Waals surface area contributed by atoms with Crippen molar-refractivity contribution < 1.29 is 4.74 Å². The lowest BCUT2D eigenvalue weighted by Gasteiger charge is -2.36. The third-order valence-electron chi connectivity index (χ3n) is 3.55. The van der Waals surface area contributed by atoms with Crippen molar-refractivity contribution >= 4 is 11.5 Å². The first-order valence-corrected chi connectivity index (χ1v) is 6.92. The Bertz CT molecular complexity index is 395. The molecule has 0 saturated carbocycles. The summed E-state index contributed by atoms with van der Waals surface area (Å²) in [4.78, 5) is 6.96. The number of pyridine rings is 1. The maximum absolute atomic E-state index is 5.87. The highest BCUT2D eigenvalue weighted by atomic mass is 16.5. The molecule has 1 saturated heterocycles. The van der Waals surface area contributed by atoms with E-state index in [0.717, 1.165) is 18.8 Å². The highest BCUT2D eigenvalue weighted by Crippen LogP contribution is 2.28. The summed E-state index contributed by atoms with van der Waals surface area (Å²) in [6, 6.07) is 4.50. The molecule has 1 aromatic heterocycles. The van der Waals surface area contributed by atoms with E-state index in [2.05, 4.69) is 16.8 Å². The lowest BCUT2D eigenvalue weighted by atomic mass is 10.00. The summed E-state index contributed by atoms with van der Waals surface area (Å²) < 4.78 is 5.47. The Morgan fingerprint density at radius 2 is 2.22 bits per heavy atom. The first kappa shape index (κ1) is 13.0. The van der Waals surface area contributed by atoms with E-state index in [-0.39, 0.29) is 0 Å². The molecule has 0 aliphatic carbocycles. The van der Waals surface area contributed by atoms with Gasteiger partial charge in [0.05, 0.1) is 12.3 Å². The van der Waals surface area contributed by atoms with Gasteiger partial charge in [0.15, 0.2) is 0 Å². The highest BCUT2D eigenvalue weighted by molar-refractivity contribution is 5.55. The fourth-order valence-electron chi connectivity index (χ4n) is 2.58. The number of nitrogen functional groups attached to an aromatic ring is 1. The van der Waals surface area contributed by atoms with Crippen LogP contribution < -0.4 is 15.4 Å². The predicted octanol–water partition coefficient (Wildman–Crippen LogP) is 2.83. The maximum Gasteiger partial charge on any atom is 0.239 e. The molecule has 1 aliphatic heterocycles. The Kier molecular flexibility index (Phi) is 4.28. The Morgan fingerprint density at radius 3 is 2.94 bits per heavy atom. The summed E-state index contributed by atoms with van der Waals surface area (Å²) in [6.07, 6.45) is 4.98. The smallest absolute Gasteiger partial charge is 0.239 e. The molecule has 0 aromatic carbocycles. The van der Waals surface area contributed by atoms with E-state index in [1.807, 2.05) is 19.1 Å². The molecule has 100 valence electrons. The number of hydrogen-bond acceptors (Lipinski definition) is 4. The summed E-state index contributed by atoms with van der Waals surface area (Å²) in [5.41, 5.74) is 6.48. The molecule has 0 spiro atoms. The molecule has 2 rings (SSSR count). The van der Waals surface area contributed by atoms with E-state index in [1.54, 1.807) is 0 Å². The third kappa shape index (κ3) is 2.68. The number of ether oxygens (including phenoxy) is 1. The van der Waals surface area contributed by atoms with E-state index in [9.17, 15) is 0 Å². The van der Waals surface area contributed by atoms with Gasteiger partial charge in [-0.1, -0.05) is 6.92 Å². The molecule has 1 aliphatic rings. The highest BCUT2D eigenvalue weighted by Gasteiger charge is 2.22. The zero-order valence-corrected chi connectivity index (χ0v) is 11.4. The van der Waals surface area contributed by atoms with Crippen LogP contribution in [0.2, 0.25) is 0 Å². The van der Waals surface area contributed by atoms with Crippen LogP contribution in [0.25, 0.3) is 0 Å². The van der Waals surface area contributed by atoms with E-state index < -0.39 is 0 Å². The molecule has 0 radical (unpaired) electrons. The first-order chi connectivity index (χ1) is 8.76. The molecule has 1 atom stereocenters. The molecule has 18 heavy (non-hydrogen) atoms. The van der Waals surface area contributed by atoms with Crippen molar-refractivity contribution in [3.63, 3.8) is 0 Å². The molecule has 0 amide bonds. The number of nitrogens with zero attached hydrogens (tertiary/aromatic N) is 2. The first-order valence-electron chi connectivity index (χ1n) is 6.92. The minimum absolute atomic E-state index is 0.565. The Balaban J connectivity index is 2.23. The van der Waals surface area contributed by atoms with Crippen LogP contribution >= 0.6 is 0 Å². The van der Waals surface area contributed by atoms with Gasteiger partial charge >= 0.3 is 0 Å². The molecule has 4 nitrogen and oxygen atoms in total. The van der Waals surface area contributed by atoms with Crippen molar-refractivity contribution in [3.05, 3.63) is 12.1 Å². The molecule has 2 heterocycles. The minimum Gasteiger partial charge on any atom is -0.476 e. The number of rotatable bonds is 4. The molecular weight excluding hydrogens is 226 g/mol. The summed E-state index contributed by atoms with van der Waals surface area (Å²) >= 11 is 0. The summed E-state index contributed by atoms with van der Waals surface area (Å²) in [6.45, 7) is 5.87. The van der Waals surface area contributed by atoms with E-state index in [1.165, 1.54) is 19.3 Å². The summed E-state index contributed by atoms with van der Waals surface area (Å²) in [7, 11) is 0. The van der Waals surface area contributed by atoms with Crippen LogP contribution in [-0.4, -0.2) is 24.2 Å². The molecule has 2 N–H and O–H groups in total. The zero-order valence-electron chi connectivity index (χ0n) is 11.4. The average Bonchev–Trinajstić information content (AvgIpc) is 2.41. The topological polar surface area (TPSA) is 51.4 Å². The average molecular weight is 249 g/mol. The lowest BCUT2D eigenvalue weighted by Crippen LogP contribution is -2.39. The SMILES string of the molecule is CCOc1nc(N2CCCCC2CC)ccc1N. The lowest BCUT2D eigenvalue weighted by molar-refractivity contribution is 0.328. The van der Waals surface area contributed by atoms with Gasteiger partial charge in [0.25, 0.3) is 0 Å². The van der Waals surface area contributed by atoms with Crippen molar-refractivity contribution in [2.45, 2.75) is 45.6 Å². The fraction of sp³-hybridized carbons (Fsp3) is 0.643. The second-order valence-corrected chi connectivity index (χ2v) is 4.75. The second kappa shape index (κ2) is 5.94. The largest absolute Gasteiger partial charge is 0.476 e. The third-order valence-corrected chi connectivity index (χ3v) is 3.55. The van der Waals surface area contributed by atoms with Crippen molar-refractivity contribution in [2.75, 3.05) is 23.8 Å². The molecule has 1 unspecified atom stereocenters. The van der Waals surface area contributed by atoms with Crippen LogP contribution in [0.3, 0.4) is 0 Å². The van der Waals surface area contributed by atoms with Gasteiger partial charge < -0.3 is 15.4 Å². The van der Waals surface area contributed by atoms with Gasteiger partial charge in [-0.3, -0.25) is 0 Å². The van der Waals surface area contributed by atoms with Crippen LogP contribution in [0, 0.1) is 0 Å². The van der Waals surface area contributed by atoms with Gasteiger partial charge in [-0.25, -0.2) is 0 Å². The molecule has 0 bridgehead atoms. The van der Waals surface area contributed by atoms with Gasteiger partial charge in [0, 0.05) is 12.6 Å². The van der Waals surface area contributed by atoms with Gasteiger partial charge in [-0.15, -0.1) is 0 Å². The van der Waals surface area contributed by atoms with Crippen LogP contribution in [0.5, 0.6) is 5.88 Å². The van der Waals surface area contributed by atoms with E-state index in [4.69, 9.17) is 10.5 Å². The number of aromatic nitrogens is 1. The van der Waals surface area contributed by atoms with Crippen LogP contribution in [0.4, 0.5) is 11.5 Å². The maximum atomic E-state index is 5.87. The van der Waals surface area contributed by atoms with Gasteiger partial charge in [0.2, 0.25) is 5.88 Å². The zero-order chi connectivity index (χ0) is 13.0. The second-order valence-electron chi connectivity index (χ2n) is 4.75. The van der Waals surface area contributed by atoms with Crippen molar-refractivity contribution in [2.24, 2.45) is 0 Å². The van der Waals surface area contributed by atoms with Crippen LogP contribution in [0.15, 0.2) is 12.1 Å². The monoisotopic (exact) mass is 249 g/mol. The van der Waals surface area contributed by atoms with Gasteiger partial charge in [0.1, 0.15) is 5.82 Å². The number of anilines is 2. The molecule has 4 heteroatoms. The van der Waals surface area contributed by atoms with Gasteiger partial charge in [-0.2, -0.15) is 4.98 Å². The fourth-order valence-corrected chi connectivity index (χ4v) is 2.58.